The van der Waals surface area contributed by atoms with Gasteiger partial charge in [0.25, 0.3) is 11.7 Å². The Morgan fingerprint density at radius 2 is 1.62 bits per heavy atom. The monoisotopic (exact) mass is 848 g/mol. The molecule has 2 bridgehead atoms. The van der Waals surface area contributed by atoms with E-state index in [-0.39, 0.29) is 55.4 Å². The highest BCUT2D eigenvalue weighted by molar-refractivity contribution is 6.39. The summed E-state index contributed by atoms with van der Waals surface area (Å²) < 4.78 is 29.9. The second kappa shape index (κ2) is 22.3. The van der Waals surface area contributed by atoms with Gasteiger partial charge in [-0.25, -0.2) is 4.79 Å². The van der Waals surface area contributed by atoms with Gasteiger partial charge in [-0.3, -0.25) is 14.4 Å². The number of Topliss-reactive ketones (excluding diaryl/α,β-unsaturated/α-hetero) is 1. The van der Waals surface area contributed by atoms with Gasteiger partial charge in [-0.2, -0.15) is 0 Å². The van der Waals surface area contributed by atoms with Gasteiger partial charge in [-0.1, -0.05) is 38.5 Å². The largest absolute Gasteiger partial charge is 0.456 e. The second-order valence-electron chi connectivity index (χ2n) is 18.1. The van der Waals surface area contributed by atoms with Gasteiger partial charge in [0.1, 0.15) is 18.2 Å². The SMILES string of the molecule is CO[C@H]1C[C@@H](C)C/C(C)=C/[C@@H](CCNC(C)=O)C(=N)C[C@H](O)[C@@H](C)[C@@H](/C(C)=C/[C@@H]2CC[C@@H](O)[C@H](OC)C2)OC(=O)[C@@H]2CCCCN2C(=O)C(=O)[C@]2(O)O[C@H]1[C@@H](OC)C[C@H]2C. The highest BCUT2D eigenvalue weighted by Crippen LogP contribution is 2.39. The zero-order valence-electron chi connectivity index (χ0n) is 37.3. The van der Waals surface area contributed by atoms with Gasteiger partial charge in [-0.05, 0) is 95.5 Å². The molecule has 14 atom stereocenters. The molecule has 4 aliphatic rings. The highest BCUT2D eigenvalue weighted by Gasteiger charge is 2.56. The van der Waals surface area contributed by atoms with Crippen molar-refractivity contribution in [2.75, 3.05) is 34.4 Å². The minimum absolute atomic E-state index is 0.00127. The van der Waals surface area contributed by atoms with Crippen LogP contribution in [0.15, 0.2) is 23.3 Å². The Balaban J connectivity index is 1.79. The summed E-state index contributed by atoms with van der Waals surface area (Å²) in [5.74, 6) is -7.65. The molecule has 0 spiro atoms. The summed E-state index contributed by atoms with van der Waals surface area (Å²) in [6, 6.07) is -1.14. The zero-order chi connectivity index (χ0) is 44.5. The number of hydrogen-bond donors (Lipinski definition) is 5. The van der Waals surface area contributed by atoms with Gasteiger partial charge in [0.05, 0.1) is 30.5 Å². The number of aliphatic hydroxyl groups is 3. The summed E-state index contributed by atoms with van der Waals surface area (Å²) in [6.07, 6.45) is 3.57. The molecule has 1 saturated carbocycles. The van der Waals surface area contributed by atoms with Crippen LogP contribution in [0.2, 0.25) is 0 Å². The molecule has 340 valence electrons. The fourth-order valence-electron chi connectivity index (χ4n) is 9.73. The number of methoxy groups -OCH3 is 3. The third kappa shape index (κ3) is 12.3. The van der Waals surface area contributed by atoms with Crippen molar-refractivity contribution in [1.82, 2.24) is 10.2 Å². The van der Waals surface area contributed by atoms with Crippen LogP contribution in [0, 0.1) is 35.0 Å². The molecule has 15 nitrogen and oxygen atoms in total. The van der Waals surface area contributed by atoms with Crippen molar-refractivity contribution < 1.29 is 58.2 Å². The van der Waals surface area contributed by atoms with E-state index in [1.165, 1.54) is 26.0 Å². The molecule has 4 rings (SSSR count). The van der Waals surface area contributed by atoms with E-state index in [9.17, 15) is 39.9 Å². The van der Waals surface area contributed by atoms with E-state index in [0.717, 1.165) is 5.57 Å². The fourth-order valence-corrected chi connectivity index (χ4v) is 9.73. The van der Waals surface area contributed by atoms with Crippen molar-refractivity contribution in [3.05, 3.63) is 23.3 Å². The van der Waals surface area contributed by atoms with Crippen molar-refractivity contribution in [2.24, 2.45) is 29.6 Å². The predicted molar refractivity (Wildman–Crippen MR) is 224 cm³/mol. The maximum absolute atomic E-state index is 14.4. The minimum atomic E-state index is -2.52. The number of ether oxygens (including phenoxy) is 5. The van der Waals surface area contributed by atoms with Crippen molar-refractivity contribution in [3.8, 4) is 0 Å². The van der Waals surface area contributed by atoms with Gasteiger partial charge in [0.2, 0.25) is 11.7 Å². The number of rotatable bonds is 8. The van der Waals surface area contributed by atoms with E-state index < -0.39 is 83.9 Å². The number of esters is 1. The number of hydrogen-bond acceptors (Lipinski definition) is 13. The summed E-state index contributed by atoms with van der Waals surface area (Å²) in [5, 5.41) is 46.5. The number of aliphatic hydroxyl groups excluding tert-OH is 2. The lowest BCUT2D eigenvalue weighted by Gasteiger charge is -2.47. The number of carbonyl (C=O) groups is 4. The molecule has 0 radical (unpaired) electrons. The maximum Gasteiger partial charge on any atom is 0.329 e. The first kappa shape index (κ1) is 49.6. The van der Waals surface area contributed by atoms with Crippen LogP contribution in [0.5, 0.6) is 0 Å². The molecule has 1 aliphatic carbocycles. The number of nitrogens with zero attached hydrogens (tertiary/aromatic N) is 1. The summed E-state index contributed by atoms with van der Waals surface area (Å²) in [7, 11) is 4.61. The third-order valence-corrected chi connectivity index (χ3v) is 13.3. The molecule has 2 saturated heterocycles. The molecular weight excluding hydrogens is 775 g/mol. The molecule has 5 N–H and O–H groups in total. The van der Waals surface area contributed by atoms with Crippen LogP contribution in [-0.2, 0) is 42.9 Å². The third-order valence-electron chi connectivity index (χ3n) is 13.3. The molecule has 0 aromatic carbocycles. The lowest BCUT2D eigenvalue weighted by atomic mass is 9.81. The second-order valence-corrected chi connectivity index (χ2v) is 18.1. The normalized spacial score (nSPS) is 39.5. The Hall–Kier alpha value is -3.05. The van der Waals surface area contributed by atoms with Crippen LogP contribution in [0.1, 0.15) is 112 Å². The van der Waals surface area contributed by atoms with Crippen molar-refractivity contribution >= 4 is 29.3 Å². The number of fused-ring (bicyclic) bond motifs is 3. The number of carbonyl (C=O) groups excluding carboxylic acids is 4. The number of allylic oxidation sites excluding steroid dienone is 3. The van der Waals surface area contributed by atoms with Crippen LogP contribution in [-0.4, -0.2) is 138 Å². The first-order chi connectivity index (χ1) is 28.3. The fraction of sp³-hybridized carbons (Fsp3) is 0.800. The Labute approximate surface area is 356 Å². The first-order valence-electron chi connectivity index (χ1n) is 21.9. The predicted octanol–water partition coefficient (Wildman–Crippen LogP) is 4.04. The summed E-state index contributed by atoms with van der Waals surface area (Å²) in [5.41, 5.74) is 1.91. The van der Waals surface area contributed by atoms with Gasteiger partial charge in [-0.15, -0.1) is 0 Å². The Kier molecular flexibility index (Phi) is 18.5. The van der Waals surface area contributed by atoms with E-state index in [2.05, 4.69) is 5.32 Å². The van der Waals surface area contributed by atoms with Gasteiger partial charge < -0.3 is 54.6 Å². The topological polar surface area (TPSA) is 214 Å². The van der Waals surface area contributed by atoms with E-state index in [4.69, 9.17) is 23.7 Å². The Morgan fingerprint density at radius 3 is 2.27 bits per heavy atom. The molecule has 60 heavy (non-hydrogen) atoms. The van der Waals surface area contributed by atoms with E-state index in [0.29, 0.717) is 63.5 Å². The summed E-state index contributed by atoms with van der Waals surface area (Å²) in [6.45, 7) is 11.1. The van der Waals surface area contributed by atoms with Gasteiger partial charge in [0.15, 0.2) is 0 Å². The van der Waals surface area contributed by atoms with Crippen molar-refractivity contribution in [2.45, 2.75) is 167 Å². The minimum Gasteiger partial charge on any atom is -0.456 e. The number of cyclic esters (lactones) is 1. The van der Waals surface area contributed by atoms with Gasteiger partial charge >= 0.3 is 5.97 Å². The number of piperidine rings is 1. The highest BCUT2D eigenvalue weighted by atomic mass is 16.7. The van der Waals surface area contributed by atoms with Crippen molar-refractivity contribution in [1.29, 1.82) is 5.41 Å². The average molecular weight is 848 g/mol. The smallest absolute Gasteiger partial charge is 0.329 e. The first-order valence-corrected chi connectivity index (χ1v) is 21.9. The molecule has 2 amide bonds. The molecule has 0 unspecified atom stereocenters. The lowest BCUT2D eigenvalue weighted by Crippen LogP contribution is -2.64. The van der Waals surface area contributed by atoms with Crippen LogP contribution >= 0.6 is 0 Å². The van der Waals surface area contributed by atoms with Gasteiger partial charge in [0, 0.05) is 71.2 Å². The van der Waals surface area contributed by atoms with E-state index in [1.54, 1.807) is 21.0 Å². The zero-order valence-corrected chi connectivity index (χ0v) is 37.3. The molecule has 15 heteroatoms. The summed E-state index contributed by atoms with van der Waals surface area (Å²) in [4.78, 5) is 55.9. The lowest BCUT2D eigenvalue weighted by molar-refractivity contribution is -0.302. The quantitative estimate of drug-likeness (QED) is 0.133. The standard InChI is InChI=1S/C45H73N3O12/c1-25-18-26(2)20-38(57-8)41-39(58-9)22-28(4)45(55,60-41)42(52)43(53)48-17-11-10-12-34(48)44(54)59-40(27(3)21-31-13-14-35(50)37(23-31)56-7)29(5)36(51)24-33(46)32(19-25)15-16-47-30(6)49/h19,21,26,28-29,31-32,34-41,46,50-51,55H,10-18,20,22-24H2,1-9H3,(H,47,49)/b25-19+,27-21+,46-33?/t26-,28+,29+,31-,32+,34-,35+,36-,37+,38-,39-,40+,41+,45+/m0/s1. The molecule has 3 aliphatic heterocycles. The Morgan fingerprint density at radius 1 is 0.950 bits per heavy atom. The number of nitrogens with one attached hydrogen (secondary N) is 2. The Bertz CT molecular complexity index is 1570. The van der Waals surface area contributed by atoms with Crippen LogP contribution in [0.4, 0.5) is 0 Å². The van der Waals surface area contributed by atoms with Crippen LogP contribution < -0.4 is 5.32 Å². The molecular formula is C45H73N3O12. The van der Waals surface area contributed by atoms with E-state index >= 15 is 0 Å². The average Bonchev–Trinajstić information content (AvgIpc) is 3.21. The summed E-state index contributed by atoms with van der Waals surface area (Å²) >= 11 is 0. The molecule has 0 aromatic heterocycles. The molecule has 0 aromatic rings. The maximum atomic E-state index is 14.4. The molecule has 3 heterocycles. The van der Waals surface area contributed by atoms with Crippen molar-refractivity contribution in [3.63, 3.8) is 0 Å². The number of amides is 2. The van der Waals surface area contributed by atoms with E-state index in [1.807, 2.05) is 32.9 Å². The molecule has 3 fully saturated rings. The van der Waals surface area contributed by atoms with Crippen LogP contribution in [0.25, 0.3) is 0 Å². The van der Waals surface area contributed by atoms with Crippen LogP contribution in [0.3, 0.4) is 0 Å². The number of ketones is 1.